The molecule has 1 rings (SSSR count). The molecule has 0 radical (unpaired) electrons. The van der Waals surface area contributed by atoms with Crippen LogP contribution in [0.4, 0.5) is 0 Å². The highest BCUT2D eigenvalue weighted by atomic mass is 35.5. The first-order valence-corrected chi connectivity index (χ1v) is 8.43. The molecule has 0 fully saturated rings. The highest BCUT2D eigenvalue weighted by molar-refractivity contribution is 7.90. The van der Waals surface area contributed by atoms with E-state index >= 15 is 0 Å². The monoisotopic (exact) mass is 329 g/mol. The summed E-state index contributed by atoms with van der Waals surface area (Å²) >= 11 is 0. The number of hydrogen-bond acceptors (Lipinski definition) is 6. The number of rotatable bonds is 5. The maximum atomic E-state index is 11.8. The standard InChI is InChI=1S/C9H15N3O4S2.ClH/c1-7(5-10)12-18(15,16)8-3-4-9(11-6-8)17(2,13)14;/h3-4,6-7,12H,5,10H2,1-2H3;1H/t7-;/m1./s1. The summed E-state index contributed by atoms with van der Waals surface area (Å²) in [7, 11) is -7.16. The Morgan fingerprint density at radius 2 is 1.89 bits per heavy atom. The molecule has 0 amide bonds. The summed E-state index contributed by atoms with van der Waals surface area (Å²) in [5.41, 5.74) is 5.32. The van der Waals surface area contributed by atoms with Crippen LogP contribution >= 0.6 is 12.4 Å². The molecule has 0 saturated carbocycles. The van der Waals surface area contributed by atoms with Crippen LogP contribution in [0.15, 0.2) is 28.3 Å². The number of sulfonamides is 1. The van der Waals surface area contributed by atoms with E-state index < -0.39 is 25.9 Å². The lowest BCUT2D eigenvalue weighted by molar-refractivity contribution is 0.561. The van der Waals surface area contributed by atoms with Gasteiger partial charge < -0.3 is 5.73 Å². The average molecular weight is 330 g/mol. The molecule has 0 aliphatic heterocycles. The van der Waals surface area contributed by atoms with Crippen molar-refractivity contribution in [1.29, 1.82) is 0 Å². The van der Waals surface area contributed by atoms with E-state index in [0.717, 1.165) is 18.5 Å². The highest BCUT2D eigenvalue weighted by Crippen LogP contribution is 2.11. The van der Waals surface area contributed by atoms with E-state index in [2.05, 4.69) is 9.71 Å². The van der Waals surface area contributed by atoms with E-state index in [0.29, 0.717) is 0 Å². The number of sulfone groups is 1. The SMILES string of the molecule is C[C@H](CN)NS(=O)(=O)c1ccc(S(C)(=O)=O)nc1.Cl. The van der Waals surface area contributed by atoms with Crippen LogP contribution in [-0.2, 0) is 19.9 Å². The summed E-state index contributed by atoms with van der Waals surface area (Å²) in [4.78, 5) is 3.51. The number of nitrogens with two attached hydrogens (primary N) is 1. The van der Waals surface area contributed by atoms with E-state index in [-0.39, 0.29) is 28.9 Å². The Hall–Kier alpha value is -0.740. The highest BCUT2D eigenvalue weighted by Gasteiger charge is 2.18. The summed E-state index contributed by atoms with van der Waals surface area (Å²) < 4.78 is 48.3. The first-order chi connectivity index (χ1) is 8.16. The van der Waals surface area contributed by atoms with Gasteiger partial charge in [-0.25, -0.2) is 26.5 Å². The number of hydrogen-bond donors (Lipinski definition) is 2. The van der Waals surface area contributed by atoms with E-state index in [1.54, 1.807) is 6.92 Å². The number of aromatic nitrogens is 1. The Morgan fingerprint density at radius 1 is 1.32 bits per heavy atom. The van der Waals surface area contributed by atoms with Crippen molar-refractivity contribution in [2.24, 2.45) is 5.73 Å². The Labute approximate surface area is 119 Å². The van der Waals surface area contributed by atoms with Gasteiger partial charge in [-0.3, -0.25) is 0 Å². The zero-order valence-electron chi connectivity index (χ0n) is 10.4. The van der Waals surface area contributed by atoms with Gasteiger partial charge in [-0.1, -0.05) is 0 Å². The lowest BCUT2D eigenvalue weighted by atomic mass is 10.4. The molecule has 0 unspecified atom stereocenters. The number of nitrogens with one attached hydrogen (secondary N) is 1. The molecule has 1 aromatic rings. The maximum absolute atomic E-state index is 11.8. The molecule has 1 heterocycles. The quantitative estimate of drug-likeness (QED) is 0.754. The van der Waals surface area contributed by atoms with Crippen LogP contribution in [0, 0.1) is 0 Å². The van der Waals surface area contributed by atoms with Crippen molar-refractivity contribution in [2.75, 3.05) is 12.8 Å². The molecule has 19 heavy (non-hydrogen) atoms. The first-order valence-electron chi connectivity index (χ1n) is 5.05. The van der Waals surface area contributed by atoms with Crippen molar-refractivity contribution >= 4 is 32.3 Å². The fourth-order valence-electron chi connectivity index (χ4n) is 1.13. The molecule has 110 valence electrons. The molecule has 0 bridgehead atoms. The average Bonchev–Trinajstić information content (AvgIpc) is 2.27. The zero-order chi connectivity index (χ0) is 14.0. The van der Waals surface area contributed by atoms with Crippen molar-refractivity contribution in [3.8, 4) is 0 Å². The first kappa shape index (κ1) is 18.3. The largest absolute Gasteiger partial charge is 0.329 e. The van der Waals surface area contributed by atoms with Gasteiger partial charge >= 0.3 is 0 Å². The topological polar surface area (TPSA) is 119 Å². The Bertz CT molecular complexity index is 613. The molecule has 0 aliphatic rings. The maximum Gasteiger partial charge on any atom is 0.242 e. The summed E-state index contributed by atoms with van der Waals surface area (Å²) in [6.07, 6.45) is 2.00. The van der Waals surface area contributed by atoms with Gasteiger partial charge in [0.15, 0.2) is 14.9 Å². The van der Waals surface area contributed by atoms with Crippen LogP contribution in [0.2, 0.25) is 0 Å². The molecular weight excluding hydrogens is 314 g/mol. The molecule has 0 aromatic carbocycles. The van der Waals surface area contributed by atoms with Crippen molar-refractivity contribution in [1.82, 2.24) is 9.71 Å². The number of pyridine rings is 1. The smallest absolute Gasteiger partial charge is 0.242 e. The fourth-order valence-corrected chi connectivity index (χ4v) is 2.89. The van der Waals surface area contributed by atoms with Crippen LogP contribution in [0.25, 0.3) is 0 Å². The molecule has 0 aliphatic carbocycles. The van der Waals surface area contributed by atoms with Gasteiger partial charge in [0.1, 0.15) is 4.90 Å². The lowest BCUT2D eigenvalue weighted by Crippen LogP contribution is -2.37. The lowest BCUT2D eigenvalue weighted by Gasteiger charge is -2.11. The molecular formula is C9H16ClN3O4S2. The Balaban J connectivity index is 0.00000324. The van der Waals surface area contributed by atoms with Crippen molar-refractivity contribution in [3.63, 3.8) is 0 Å². The van der Waals surface area contributed by atoms with Crippen LogP contribution in [0.3, 0.4) is 0 Å². The summed E-state index contributed by atoms with van der Waals surface area (Å²) in [6, 6.07) is 1.93. The van der Waals surface area contributed by atoms with Gasteiger partial charge in [0.2, 0.25) is 10.0 Å². The minimum absolute atomic E-state index is 0. The predicted octanol–water partition coefficient (Wildman–Crippen LogP) is -0.468. The third-order valence-corrected chi connectivity index (χ3v) is 4.69. The van der Waals surface area contributed by atoms with Crippen LogP contribution in [0.1, 0.15) is 6.92 Å². The molecule has 1 aromatic heterocycles. The van der Waals surface area contributed by atoms with E-state index in [4.69, 9.17) is 5.73 Å². The number of halogens is 1. The van der Waals surface area contributed by atoms with E-state index in [9.17, 15) is 16.8 Å². The molecule has 7 nitrogen and oxygen atoms in total. The van der Waals surface area contributed by atoms with E-state index in [1.807, 2.05) is 0 Å². The third-order valence-electron chi connectivity index (χ3n) is 2.11. The second-order valence-electron chi connectivity index (χ2n) is 3.86. The van der Waals surface area contributed by atoms with Gasteiger partial charge in [0, 0.05) is 25.0 Å². The second kappa shape index (κ2) is 6.62. The van der Waals surface area contributed by atoms with Gasteiger partial charge in [0.05, 0.1) is 0 Å². The summed E-state index contributed by atoms with van der Waals surface area (Å²) in [5.74, 6) is 0. The van der Waals surface area contributed by atoms with Crippen LogP contribution < -0.4 is 10.5 Å². The van der Waals surface area contributed by atoms with Gasteiger partial charge in [0.25, 0.3) is 0 Å². The Kier molecular flexibility index (Phi) is 6.36. The van der Waals surface area contributed by atoms with Gasteiger partial charge in [-0.05, 0) is 19.1 Å². The molecule has 0 spiro atoms. The van der Waals surface area contributed by atoms with Crippen LogP contribution in [0.5, 0.6) is 0 Å². The Morgan fingerprint density at radius 3 is 2.26 bits per heavy atom. The predicted molar refractivity (Wildman–Crippen MR) is 73.4 cm³/mol. The summed E-state index contributed by atoms with van der Waals surface area (Å²) in [5, 5.41) is -0.173. The summed E-state index contributed by atoms with van der Waals surface area (Å²) in [6.45, 7) is 1.78. The molecule has 1 atom stereocenters. The minimum Gasteiger partial charge on any atom is -0.329 e. The van der Waals surface area contributed by atoms with E-state index in [1.165, 1.54) is 6.07 Å². The number of nitrogens with zero attached hydrogens (tertiary/aromatic N) is 1. The van der Waals surface area contributed by atoms with Crippen molar-refractivity contribution in [3.05, 3.63) is 18.3 Å². The fraction of sp³-hybridized carbons (Fsp3) is 0.444. The molecule has 3 N–H and O–H groups in total. The van der Waals surface area contributed by atoms with Crippen molar-refractivity contribution in [2.45, 2.75) is 22.9 Å². The van der Waals surface area contributed by atoms with Crippen molar-refractivity contribution < 1.29 is 16.8 Å². The minimum atomic E-state index is -3.72. The molecule has 10 heteroatoms. The molecule has 0 saturated heterocycles. The third kappa shape index (κ3) is 5.03. The van der Waals surface area contributed by atoms with Gasteiger partial charge in [-0.15, -0.1) is 12.4 Å². The zero-order valence-corrected chi connectivity index (χ0v) is 12.8. The van der Waals surface area contributed by atoms with Gasteiger partial charge in [-0.2, -0.15) is 0 Å². The second-order valence-corrected chi connectivity index (χ2v) is 7.54. The normalized spacial score (nSPS) is 13.6. The van der Waals surface area contributed by atoms with Crippen LogP contribution in [-0.4, -0.2) is 40.7 Å².